The van der Waals surface area contributed by atoms with E-state index in [9.17, 15) is 13.2 Å². The topological polar surface area (TPSA) is 24.4 Å². The number of halogens is 3. The summed E-state index contributed by atoms with van der Waals surface area (Å²) < 4.78 is 39.3. The quantitative estimate of drug-likeness (QED) is 0.749. The Labute approximate surface area is 97.6 Å². The molecule has 0 unspecified atom stereocenters. The molecule has 0 aromatic heterocycles. The second kappa shape index (κ2) is 5.21. The SMILES string of the molecule is Fc1cc(F)c(F)c(NC2=NCCCCC2)c1. The van der Waals surface area contributed by atoms with Crippen LogP contribution < -0.4 is 5.32 Å². The summed E-state index contributed by atoms with van der Waals surface area (Å²) in [5, 5.41) is 2.67. The molecule has 0 radical (unpaired) electrons. The van der Waals surface area contributed by atoms with Crippen molar-refractivity contribution in [3.05, 3.63) is 29.6 Å². The van der Waals surface area contributed by atoms with E-state index in [0.717, 1.165) is 25.3 Å². The van der Waals surface area contributed by atoms with E-state index in [1.165, 1.54) is 0 Å². The lowest BCUT2D eigenvalue weighted by atomic mass is 10.2. The zero-order valence-corrected chi connectivity index (χ0v) is 9.27. The molecule has 0 spiro atoms. The van der Waals surface area contributed by atoms with Gasteiger partial charge < -0.3 is 5.32 Å². The molecule has 1 aromatic carbocycles. The molecular formula is C12H13F3N2. The van der Waals surface area contributed by atoms with E-state index in [1.54, 1.807) is 0 Å². The van der Waals surface area contributed by atoms with Crippen molar-refractivity contribution >= 4 is 11.5 Å². The van der Waals surface area contributed by atoms with Crippen LogP contribution in [0.25, 0.3) is 0 Å². The first kappa shape index (κ1) is 12.0. The third-order valence-electron chi connectivity index (χ3n) is 2.65. The average molecular weight is 242 g/mol. The molecule has 0 atom stereocenters. The maximum atomic E-state index is 13.4. The van der Waals surface area contributed by atoms with Crippen LogP contribution >= 0.6 is 0 Å². The maximum absolute atomic E-state index is 13.4. The lowest BCUT2D eigenvalue weighted by molar-refractivity contribution is 0.498. The van der Waals surface area contributed by atoms with Crippen molar-refractivity contribution in [3.8, 4) is 0 Å². The Bertz CT molecular complexity index is 444. The molecule has 1 N–H and O–H groups in total. The Morgan fingerprint density at radius 2 is 1.88 bits per heavy atom. The van der Waals surface area contributed by atoms with E-state index in [2.05, 4.69) is 10.3 Å². The van der Waals surface area contributed by atoms with Crippen LogP contribution in [-0.4, -0.2) is 12.4 Å². The summed E-state index contributed by atoms with van der Waals surface area (Å²) in [5.41, 5.74) is -0.192. The number of benzene rings is 1. The van der Waals surface area contributed by atoms with Gasteiger partial charge in [-0.3, -0.25) is 4.99 Å². The van der Waals surface area contributed by atoms with Crippen LogP contribution in [0.1, 0.15) is 25.7 Å². The van der Waals surface area contributed by atoms with Crippen LogP contribution in [0.3, 0.4) is 0 Å². The molecule has 0 saturated carbocycles. The molecule has 1 aliphatic rings. The predicted octanol–water partition coefficient (Wildman–Crippen LogP) is 3.49. The summed E-state index contributed by atoms with van der Waals surface area (Å²) in [4.78, 5) is 4.21. The first-order valence-corrected chi connectivity index (χ1v) is 5.62. The first-order chi connectivity index (χ1) is 8.16. The van der Waals surface area contributed by atoms with Gasteiger partial charge in [-0.05, 0) is 12.8 Å². The molecule has 0 bridgehead atoms. The number of nitrogens with zero attached hydrogens (tertiary/aromatic N) is 1. The van der Waals surface area contributed by atoms with Gasteiger partial charge in [-0.15, -0.1) is 0 Å². The van der Waals surface area contributed by atoms with Gasteiger partial charge in [0.1, 0.15) is 11.7 Å². The Hall–Kier alpha value is -1.52. The van der Waals surface area contributed by atoms with E-state index in [4.69, 9.17) is 0 Å². The van der Waals surface area contributed by atoms with E-state index < -0.39 is 17.5 Å². The molecule has 0 fully saturated rings. The fourth-order valence-corrected chi connectivity index (χ4v) is 1.78. The summed E-state index contributed by atoms with van der Waals surface area (Å²) in [7, 11) is 0. The molecule has 1 aromatic rings. The van der Waals surface area contributed by atoms with Gasteiger partial charge in [-0.1, -0.05) is 6.42 Å². The van der Waals surface area contributed by atoms with Crippen LogP contribution in [0.5, 0.6) is 0 Å². The van der Waals surface area contributed by atoms with Crippen LogP contribution in [0.15, 0.2) is 17.1 Å². The molecule has 92 valence electrons. The number of amidine groups is 1. The third kappa shape index (κ3) is 2.99. The Morgan fingerprint density at radius 3 is 2.71 bits per heavy atom. The molecule has 0 amide bonds. The average Bonchev–Trinajstić information content (AvgIpc) is 2.54. The van der Waals surface area contributed by atoms with Gasteiger partial charge in [0.25, 0.3) is 0 Å². The maximum Gasteiger partial charge on any atom is 0.182 e. The highest BCUT2D eigenvalue weighted by molar-refractivity contribution is 5.95. The molecule has 0 saturated heterocycles. The number of nitrogens with one attached hydrogen (secondary N) is 1. The Kier molecular flexibility index (Phi) is 3.66. The molecular weight excluding hydrogens is 229 g/mol. The molecule has 1 aliphatic heterocycles. The van der Waals surface area contributed by atoms with E-state index in [1.807, 2.05) is 0 Å². The first-order valence-electron chi connectivity index (χ1n) is 5.62. The molecule has 17 heavy (non-hydrogen) atoms. The van der Waals surface area contributed by atoms with Crippen LogP contribution in [0.2, 0.25) is 0 Å². The number of hydrogen-bond donors (Lipinski definition) is 1. The number of aliphatic imine (C=N–C) groups is 1. The summed E-state index contributed by atoms with van der Waals surface area (Å²) in [6.07, 6.45) is 3.68. The highest BCUT2D eigenvalue weighted by Crippen LogP contribution is 2.20. The Morgan fingerprint density at radius 1 is 1.06 bits per heavy atom. The minimum absolute atomic E-state index is 0.192. The van der Waals surface area contributed by atoms with Gasteiger partial charge in [0.2, 0.25) is 0 Å². The minimum Gasteiger partial charge on any atom is -0.342 e. The zero-order chi connectivity index (χ0) is 12.3. The number of hydrogen-bond acceptors (Lipinski definition) is 2. The van der Waals surface area contributed by atoms with E-state index >= 15 is 0 Å². The van der Waals surface area contributed by atoms with Crippen molar-refractivity contribution in [1.29, 1.82) is 0 Å². The molecule has 5 heteroatoms. The van der Waals surface area contributed by atoms with E-state index in [-0.39, 0.29) is 5.69 Å². The second-order valence-electron chi connectivity index (χ2n) is 4.01. The van der Waals surface area contributed by atoms with Crippen LogP contribution in [0.4, 0.5) is 18.9 Å². The van der Waals surface area contributed by atoms with Crippen LogP contribution in [-0.2, 0) is 0 Å². The smallest absolute Gasteiger partial charge is 0.182 e. The van der Waals surface area contributed by atoms with Gasteiger partial charge in [0.05, 0.1) is 5.69 Å². The van der Waals surface area contributed by atoms with Crippen molar-refractivity contribution in [2.75, 3.05) is 11.9 Å². The number of anilines is 1. The molecule has 0 aliphatic carbocycles. The normalized spacial score (nSPS) is 16.3. The highest BCUT2D eigenvalue weighted by Gasteiger charge is 2.13. The minimum atomic E-state index is -1.19. The second-order valence-corrected chi connectivity index (χ2v) is 4.01. The fraction of sp³-hybridized carbons (Fsp3) is 0.417. The summed E-state index contributed by atoms with van der Waals surface area (Å²) >= 11 is 0. The van der Waals surface area contributed by atoms with E-state index in [0.29, 0.717) is 24.9 Å². The summed E-state index contributed by atoms with van der Waals surface area (Å²) in [6, 6.07) is 1.46. The van der Waals surface area contributed by atoms with Gasteiger partial charge in [0, 0.05) is 25.1 Å². The van der Waals surface area contributed by atoms with Gasteiger partial charge in [-0.25, -0.2) is 13.2 Å². The lowest BCUT2D eigenvalue weighted by Gasteiger charge is -2.09. The largest absolute Gasteiger partial charge is 0.342 e. The summed E-state index contributed by atoms with van der Waals surface area (Å²) in [5.74, 6) is -2.48. The van der Waals surface area contributed by atoms with Crippen molar-refractivity contribution in [2.45, 2.75) is 25.7 Å². The third-order valence-corrected chi connectivity index (χ3v) is 2.65. The van der Waals surface area contributed by atoms with Crippen LogP contribution in [0, 0.1) is 17.5 Å². The fourth-order valence-electron chi connectivity index (χ4n) is 1.78. The van der Waals surface area contributed by atoms with Crippen molar-refractivity contribution < 1.29 is 13.2 Å². The van der Waals surface area contributed by atoms with Crippen molar-refractivity contribution in [1.82, 2.24) is 0 Å². The molecule has 2 nitrogen and oxygen atoms in total. The molecule has 2 rings (SSSR count). The standard InChI is InChI=1S/C12H13F3N2/c13-8-6-9(14)12(15)10(7-8)17-11-4-2-1-3-5-16-11/h6-7H,1-5H2,(H,16,17). The zero-order valence-electron chi connectivity index (χ0n) is 9.27. The van der Waals surface area contributed by atoms with Gasteiger partial charge in [0.15, 0.2) is 11.6 Å². The molecule has 1 heterocycles. The van der Waals surface area contributed by atoms with Gasteiger partial charge in [-0.2, -0.15) is 0 Å². The van der Waals surface area contributed by atoms with Crippen molar-refractivity contribution in [3.63, 3.8) is 0 Å². The predicted molar refractivity (Wildman–Crippen MR) is 60.7 cm³/mol. The van der Waals surface area contributed by atoms with Crippen molar-refractivity contribution in [2.24, 2.45) is 4.99 Å². The van der Waals surface area contributed by atoms with Gasteiger partial charge >= 0.3 is 0 Å². The lowest BCUT2D eigenvalue weighted by Crippen LogP contribution is -2.13. The monoisotopic (exact) mass is 242 g/mol. The number of rotatable bonds is 1. The highest BCUT2D eigenvalue weighted by atomic mass is 19.2. The Balaban J connectivity index is 2.20. The summed E-state index contributed by atoms with van der Waals surface area (Å²) in [6.45, 7) is 0.668.